The molecule has 1 heterocycles. The number of nitrogens with one attached hydrogen (secondary N) is 1. The predicted molar refractivity (Wildman–Crippen MR) is 85.1 cm³/mol. The number of nitrogens with two attached hydrogens (primary N) is 1. The van der Waals surface area contributed by atoms with Crippen LogP contribution >= 0.6 is 43.2 Å². The second-order valence-corrected chi connectivity index (χ2v) is 7.40. The van der Waals surface area contributed by atoms with Crippen molar-refractivity contribution in [2.24, 2.45) is 0 Å². The maximum absolute atomic E-state index is 12.2. The first kappa shape index (κ1) is 14.4. The van der Waals surface area contributed by atoms with Crippen LogP contribution < -0.4 is 15.8 Å². The van der Waals surface area contributed by atoms with Crippen molar-refractivity contribution in [2.45, 2.75) is 0 Å². The zero-order chi connectivity index (χ0) is 14.0. The van der Waals surface area contributed by atoms with Gasteiger partial charge in [-0.2, -0.15) is 0 Å². The highest BCUT2D eigenvalue weighted by molar-refractivity contribution is 9.12. The molecule has 2 aromatic rings. The van der Waals surface area contributed by atoms with Gasteiger partial charge in [0, 0.05) is 5.69 Å². The van der Waals surface area contributed by atoms with Crippen LogP contribution in [0.5, 0.6) is 5.75 Å². The average Bonchev–Trinajstić information content (AvgIpc) is 2.69. The lowest BCUT2D eigenvalue weighted by molar-refractivity contribution is 0.102. The van der Waals surface area contributed by atoms with E-state index in [1.807, 2.05) is 0 Å². The SMILES string of the molecule is COc1ccc(N)cc1NC(=O)c1cc(Br)sc1Br. The lowest BCUT2D eigenvalue weighted by Crippen LogP contribution is -2.12. The van der Waals surface area contributed by atoms with Crippen molar-refractivity contribution in [3.05, 3.63) is 37.4 Å². The molecule has 100 valence electrons. The fourth-order valence-corrected chi connectivity index (χ4v) is 4.30. The molecule has 1 amide bonds. The number of rotatable bonds is 3. The number of nitrogen functional groups attached to an aromatic ring is 1. The Bertz CT molecular complexity index is 628. The van der Waals surface area contributed by atoms with E-state index in [-0.39, 0.29) is 5.91 Å². The highest BCUT2D eigenvalue weighted by Crippen LogP contribution is 2.33. The van der Waals surface area contributed by atoms with Crippen LogP contribution in [0.2, 0.25) is 0 Å². The van der Waals surface area contributed by atoms with Crippen molar-refractivity contribution in [2.75, 3.05) is 18.2 Å². The molecule has 0 atom stereocenters. The molecule has 0 aliphatic heterocycles. The minimum absolute atomic E-state index is 0.224. The monoisotopic (exact) mass is 404 g/mol. The van der Waals surface area contributed by atoms with E-state index in [1.54, 1.807) is 24.3 Å². The lowest BCUT2D eigenvalue weighted by atomic mass is 10.2. The summed E-state index contributed by atoms with van der Waals surface area (Å²) in [4.78, 5) is 12.2. The zero-order valence-electron chi connectivity index (χ0n) is 9.87. The second kappa shape index (κ2) is 5.94. The Hall–Kier alpha value is -1.05. The number of hydrogen-bond donors (Lipinski definition) is 2. The molecule has 4 nitrogen and oxygen atoms in total. The number of methoxy groups -OCH3 is 1. The summed E-state index contributed by atoms with van der Waals surface area (Å²) in [5.41, 5.74) is 7.37. The quantitative estimate of drug-likeness (QED) is 0.755. The van der Waals surface area contributed by atoms with E-state index in [1.165, 1.54) is 18.4 Å². The lowest BCUT2D eigenvalue weighted by Gasteiger charge is -2.10. The number of amides is 1. The standard InChI is InChI=1S/C12H10Br2N2O2S/c1-18-9-3-2-6(15)4-8(9)16-12(17)7-5-10(13)19-11(7)14/h2-5H,15H2,1H3,(H,16,17). The third-order valence-electron chi connectivity index (χ3n) is 2.37. The van der Waals surface area contributed by atoms with E-state index in [0.29, 0.717) is 22.7 Å². The Morgan fingerprint density at radius 1 is 1.37 bits per heavy atom. The number of halogens is 2. The van der Waals surface area contributed by atoms with Crippen molar-refractivity contribution in [1.82, 2.24) is 0 Å². The fraction of sp³-hybridized carbons (Fsp3) is 0.0833. The van der Waals surface area contributed by atoms with Crippen LogP contribution in [0, 0.1) is 0 Å². The van der Waals surface area contributed by atoms with Crippen LogP contribution in [0.15, 0.2) is 31.8 Å². The predicted octanol–water partition coefficient (Wildman–Crippen LogP) is 4.12. The highest BCUT2D eigenvalue weighted by Gasteiger charge is 2.15. The van der Waals surface area contributed by atoms with Crippen molar-refractivity contribution in [3.63, 3.8) is 0 Å². The topological polar surface area (TPSA) is 64.3 Å². The van der Waals surface area contributed by atoms with Crippen molar-refractivity contribution < 1.29 is 9.53 Å². The Morgan fingerprint density at radius 2 is 2.11 bits per heavy atom. The average molecular weight is 406 g/mol. The van der Waals surface area contributed by atoms with Crippen molar-refractivity contribution in [3.8, 4) is 5.75 Å². The van der Waals surface area contributed by atoms with E-state index in [0.717, 1.165) is 7.57 Å². The van der Waals surface area contributed by atoms with Gasteiger partial charge in [-0.05, 0) is 56.1 Å². The number of hydrogen-bond acceptors (Lipinski definition) is 4. The zero-order valence-corrected chi connectivity index (χ0v) is 13.9. The Labute approximate surface area is 131 Å². The van der Waals surface area contributed by atoms with Gasteiger partial charge in [0.2, 0.25) is 0 Å². The van der Waals surface area contributed by atoms with E-state index >= 15 is 0 Å². The maximum Gasteiger partial charge on any atom is 0.257 e. The van der Waals surface area contributed by atoms with Gasteiger partial charge >= 0.3 is 0 Å². The molecule has 0 aliphatic carbocycles. The molecular formula is C12H10Br2N2O2S. The van der Waals surface area contributed by atoms with Gasteiger partial charge < -0.3 is 15.8 Å². The molecule has 19 heavy (non-hydrogen) atoms. The first-order chi connectivity index (χ1) is 9.01. The summed E-state index contributed by atoms with van der Waals surface area (Å²) in [6, 6.07) is 6.84. The van der Waals surface area contributed by atoms with Crippen LogP contribution in [0.3, 0.4) is 0 Å². The van der Waals surface area contributed by atoms with Crippen LogP contribution in [-0.4, -0.2) is 13.0 Å². The van der Waals surface area contributed by atoms with Gasteiger partial charge in [0.05, 0.1) is 25.9 Å². The molecule has 0 unspecified atom stereocenters. The molecule has 7 heteroatoms. The van der Waals surface area contributed by atoms with Gasteiger partial charge in [0.1, 0.15) is 5.75 Å². The van der Waals surface area contributed by atoms with Crippen LogP contribution in [0.25, 0.3) is 0 Å². The number of ether oxygens (including phenoxy) is 1. The van der Waals surface area contributed by atoms with E-state index < -0.39 is 0 Å². The summed E-state index contributed by atoms with van der Waals surface area (Å²) in [5, 5.41) is 2.78. The summed E-state index contributed by atoms with van der Waals surface area (Å²) >= 11 is 8.13. The third kappa shape index (κ3) is 3.29. The minimum Gasteiger partial charge on any atom is -0.495 e. The second-order valence-electron chi connectivity index (χ2n) is 3.65. The Kier molecular flexibility index (Phi) is 4.49. The van der Waals surface area contributed by atoms with Gasteiger partial charge in [0.15, 0.2) is 0 Å². The number of benzene rings is 1. The minimum atomic E-state index is -0.224. The molecule has 2 rings (SSSR count). The molecule has 1 aromatic carbocycles. The molecule has 0 bridgehead atoms. The van der Waals surface area contributed by atoms with E-state index in [2.05, 4.69) is 37.2 Å². The van der Waals surface area contributed by atoms with Crippen LogP contribution in [-0.2, 0) is 0 Å². The first-order valence-electron chi connectivity index (χ1n) is 5.21. The van der Waals surface area contributed by atoms with E-state index in [4.69, 9.17) is 10.5 Å². The molecule has 0 radical (unpaired) electrons. The van der Waals surface area contributed by atoms with Gasteiger partial charge in [-0.15, -0.1) is 11.3 Å². The smallest absolute Gasteiger partial charge is 0.257 e. The molecule has 3 N–H and O–H groups in total. The van der Waals surface area contributed by atoms with Crippen molar-refractivity contribution in [1.29, 1.82) is 0 Å². The number of anilines is 2. The molecule has 0 saturated heterocycles. The van der Waals surface area contributed by atoms with Crippen LogP contribution in [0.1, 0.15) is 10.4 Å². The van der Waals surface area contributed by atoms with Crippen molar-refractivity contribution >= 4 is 60.5 Å². The Balaban J connectivity index is 2.28. The summed E-state index contributed by atoms with van der Waals surface area (Å²) < 4.78 is 6.83. The summed E-state index contributed by atoms with van der Waals surface area (Å²) in [6.45, 7) is 0. The van der Waals surface area contributed by atoms with Gasteiger partial charge in [-0.3, -0.25) is 4.79 Å². The summed E-state index contributed by atoms with van der Waals surface area (Å²) in [7, 11) is 1.54. The van der Waals surface area contributed by atoms with Gasteiger partial charge in [-0.1, -0.05) is 0 Å². The first-order valence-corrected chi connectivity index (χ1v) is 7.61. The molecule has 0 saturated carbocycles. The summed E-state index contributed by atoms with van der Waals surface area (Å²) in [6.07, 6.45) is 0. The molecule has 0 aliphatic rings. The molecular weight excluding hydrogens is 396 g/mol. The molecule has 0 spiro atoms. The molecule has 1 aromatic heterocycles. The van der Waals surface area contributed by atoms with E-state index in [9.17, 15) is 4.79 Å². The third-order valence-corrected chi connectivity index (χ3v) is 4.71. The molecule has 0 fully saturated rings. The maximum atomic E-state index is 12.2. The van der Waals surface area contributed by atoms with Crippen LogP contribution in [0.4, 0.5) is 11.4 Å². The van der Waals surface area contributed by atoms with Gasteiger partial charge in [-0.25, -0.2) is 0 Å². The number of thiophene rings is 1. The van der Waals surface area contributed by atoms with Gasteiger partial charge in [0.25, 0.3) is 5.91 Å². The highest BCUT2D eigenvalue weighted by atomic mass is 79.9. The number of carbonyl (C=O) groups is 1. The number of carbonyl (C=O) groups excluding carboxylic acids is 1. The largest absolute Gasteiger partial charge is 0.495 e. The Morgan fingerprint density at radius 3 is 2.68 bits per heavy atom. The fourth-order valence-electron chi connectivity index (χ4n) is 1.51. The normalized spacial score (nSPS) is 10.3. The summed E-state index contributed by atoms with van der Waals surface area (Å²) in [5.74, 6) is 0.339.